The smallest absolute Gasteiger partial charge is 0.125 e. The summed E-state index contributed by atoms with van der Waals surface area (Å²) < 4.78 is 19.1. The molecule has 2 heterocycles. The lowest BCUT2D eigenvalue weighted by Gasteiger charge is -2.26. The van der Waals surface area contributed by atoms with Crippen LogP contribution in [0.15, 0.2) is 18.2 Å². The Morgan fingerprint density at radius 2 is 2.30 bits per heavy atom. The maximum absolute atomic E-state index is 13.4. The lowest BCUT2D eigenvalue weighted by atomic mass is 10.0. The fourth-order valence-corrected chi connectivity index (χ4v) is 3.23. The third-order valence-electron chi connectivity index (χ3n) is 4.35. The standard InChI is InChI=1S/C16H23FN2O/c1-2-6-18-15-11-20-10-13(15)9-19-7-5-12-3-4-14(17)8-16(12)19/h3-4,8,13,15,18H,2,5-7,9-11H2,1H3. The lowest BCUT2D eigenvalue weighted by Crippen LogP contribution is -2.41. The summed E-state index contributed by atoms with van der Waals surface area (Å²) in [7, 11) is 0. The molecule has 1 N–H and O–H groups in total. The molecule has 0 amide bonds. The van der Waals surface area contributed by atoms with Crippen molar-refractivity contribution in [3.8, 4) is 0 Å². The zero-order valence-electron chi connectivity index (χ0n) is 12.1. The van der Waals surface area contributed by atoms with Crippen molar-refractivity contribution in [3.63, 3.8) is 0 Å². The van der Waals surface area contributed by atoms with Crippen molar-refractivity contribution in [3.05, 3.63) is 29.6 Å². The van der Waals surface area contributed by atoms with Gasteiger partial charge in [-0.2, -0.15) is 0 Å². The van der Waals surface area contributed by atoms with Crippen molar-refractivity contribution in [2.75, 3.05) is 37.7 Å². The molecule has 2 atom stereocenters. The highest BCUT2D eigenvalue weighted by atomic mass is 19.1. The first-order chi connectivity index (χ1) is 9.78. The van der Waals surface area contributed by atoms with Gasteiger partial charge in [0.05, 0.1) is 13.2 Å². The Morgan fingerprint density at radius 1 is 1.40 bits per heavy atom. The quantitative estimate of drug-likeness (QED) is 0.893. The van der Waals surface area contributed by atoms with E-state index >= 15 is 0 Å². The molecule has 2 aliphatic rings. The molecule has 1 saturated heterocycles. The molecule has 110 valence electrons. The molecule has 2 unspecified atom stereocenters. The molecule has 0 radical (unpaired) electrons. The molecule has 3 rings (SSSR count). The molecule has 0 bridgehead atoms. The van der Waals surface area contributed by atoms with Gasteiger partial charge in [0.25, 0.3) is 0 Å². The van der Waals surface area contributed by atoms with Gasteiger partial charge < -0.3 is 15.0 Å². The molecule has 0 aliphatic carbocycles. The topological polar surface area (TPSA) is 24.5 Å². The molecule has 4 heteroatoms. The van der Waals surface area contributed by atoms with Crippen LogP contribution in [0.4, 0.5) is 10.1 Å². The summed E-state index contributed by atoms with van der Waals surface area (Å²) in [5, 5.41) is 3.56. The van der Waals surface area contributed by atoms with Crippen LogP contribution in [-0.4, -0.2) is 38.9 Å². The van der Waals surface area contributed by atoms with Gasteiger partial charge in [-0.1, -0.05) is 13.0 Å². The number of anilines is 1. The highest BCUT2D eigenvalue weighted by Crippen LogP contribution is 2.30. The third-order valence-corrected chi connectivity index (χ3v) is 4.35. The average Bonchev–Trinajstić information content (AvgIpc) is 3.04. The van der Waals surface area contributed by atoms with Crippen molar-refractivity contribution in [1.82, 2.24) is 5.32 Å². The van der Waals surface area contributed by atoms with Crippen molar-refractivity contribution < 1.29 is 9.13 Å². The van der Waals surface area contributed by atoms with Gasteiger partial charge in [0, 0.05) is 30.7 Å². The Kier molecular flexibility index (Phi) is 4.22. The van der Waals surface area contributed by atoms with Gasteiger partial charge in [-0.3, -0.25) is 0 Å². The predicted octanol–water partition coefficient (Wildman–Crippen LogP) is 2.20. The molecule has 0 saturated carbocycles. The molecule has 3 nitrogen and oxygen atoms in total. The van der Waals surface area contributed by atoms with Crippen molar-refractivity contribution >= 4 is 5.69 Å². The molecule has 1 fully saturated rings. The first-order valence-corrected chi connectivity index (χ1v) is 7.62. The van der Waals surface area contributed by atoms with E-state index in [-0.39, 0.29) is 5.82 Å². The Labute approximate surface area is 120 Å². The van der Waals surface area contributed by atoms with E-state index in [1.807, 2.05) is 6.07 Å². The largest absolute Gasteiger partial charge is 0.379 e. The second-order valence-electron chi connectivity index (χ2n) is 5.83. The minimum Gasteiger partial charge on any atom is -0.379 e. The number of rotatable bonds is 5. The predicted molar refractivity (Wildman–Crippen MR) is 78.7 cm³/mol. The van der Waals surface area contributed by atoms with E-state index in [4.69, 9.17) is 4.74 Å². The maximum Gasteiger partial charge on any atom is 0.125 e. The zero-order valence-corrected chi connectivity index (χ0v) is 12.1. The van der Waals surface area contributed by atoms with Gasteiger partial charge in [0.15, 0.2) is 0 Å². The van der Waals surface area contributed by atoms with Gasteiger partial charge in [0.2, 0.25) is 0 Å². The van der Waals surface area contributed by atoms with Crippen molar-refractivity contribution in [1.29, 1.82) is 0 Å². The van der Waals surface area contributed by atoms with E-state index in [1.165, 1.54) is 5.56 Å². The number of nitrogens with zero attached hydrogens (tertiary/aromatic N) is 1. The van der Waals surface area contributed by atoms with Gasteiger partial charge >= 0.3 is 0 Å². The van der Waals surface area contributed by atoms with Crippen LogP contribution < -0.4 is 10.2 Å². The molecule has 0 aromatic heterocycles. The van der Waals surface area contributed by atoms with E-state index < -0.39 is 0 Å². The molecule has 0 spiro atoms. The van der Waals surface area contributed by atoms with Crippen LogP contribution in [0.1, 0.15) is 18.9 Å². The number of benzene rings is 1. The van der Waals surface area contributed by atoms with Crippen LogP contribution >= 0.6 is 0 Å². The van der Waals surface area contributed by atoms with Crippen LogP contribution in [0.25, 0.3) is 0 Å². The second-order valence-corrected chi connectivity index (χ2v) is 5.83. The first kappa shape index (κ1) is 13.8. The second kappa shape index (κ2) is 6.10. The molecule has 2 aliphatic heterocycles. The zero-order chi connectivity index (χ0) is 13.9. The highest BCUT2D eigenvalue weighted by Gasteiger charge is 2.31. The minimum absolute atomic E-state index is 0.140. The van der Waals surface area contributed by atoms with Crippen LogP contribution in [0.2, 0.25) is 0 Å². The SMILES string of the molecule is CCCNC1COCC1CN1CCc2ccc(F)cc21. The van der Waals surface area contributed by atoms with Crippen molar-refractivity contribution in [2.45, 2.75) is 25.8 Å². The molecule has 1 aromatic carbocycles. The van der Waals surface area contributed by atoms with Gasteiger partial charge in [-0.25, -0.2) is 4.39 Å². The van der Waals surface area contributed by atoms with Crippen LogP contribution in [-0.2, 0) is 11.2 Å². The average molecular weight is 278 g/mol. The van der Waals surface area contributed by atoms with E-state index in [0.717, 1.165) is 51.4 Å². The van der Waals surface area contributed by atoms with E-state index in [2.05, 4.69) is 17.1 Å². The van der Waals surface area contributed by atoms with Gasteiger partial charge in [0.1, 0.15) is 5.82 Å². The molecule has 1 aromatic rings. The minimum atomic E-state index is -0.140. The van der Waals surface area contributed by atoms with Crippen LogP contribution in [0.3, 0.4) is 0 Å². The Bertz CT molecular complexity index is 466. The van der Waals surface area contributed by atoms with Gasteiger partial charge in [-0.05, 0) is 37.1 Å². The highest BCUT2D eigenvalue weighted by molar-refractivity contribution is 5.58. The van der Waals surface area contributed by atoms with Crippen LogP contribution in [0.5, 0.6) is 0 Å². The summed E-state index contributed by atoms with van der Waals surface area (Å²) in [5.74, 6) is 0.356. The number of halogens is 1. The lowest BCUT2D eigenvalue weighted by molar-refractivity contribution is 0.183. The summed E-state index contributed by atoms with van der Waals surface area (Å²) >= 11 is 0. The number of hydrogen-bond donors (Lipinski definition) is 1. The van der Waals surface area contributed by atoms with E-state index in [9.17, 15) is 4.39 Å². The number of ether oxygens (including phenoxy) is 1. The summed E-state index contributed by atoms with van der Waals surface area (Å²) in [4.78, 5) is 2.32. The Morgan fingerprint density at radius 3 is 3.15 bits per heavy atom. The fraction of sp³-hybridized carbons (Fsp3) is 0.625. The monoisotopic (exact) mass is 278 g/mol. The number of nitrogens with one attached hydrogen (secondary N) is 1. The fourth-order valence-electron chi connectivity index (χ4n) is 3.23. The summed E-state index contributed by atoms with van der Waals surface area (Å²) in [5.41, 5.74) is 2.34. The molecule has 20 heavy (non-hydrogen) atoms. The van der Waals surface area contributed by atoms with Crippen molar-refractivity contribution in [2.24, 2.45) is 5.92 Å². The van der Waals surface area contributed by atoms with Gasteiger partial charge in [-0.15, -0.1) is 0 Å². The Balaban J connectivity index is 1.66. The third kappa shape index (κ3) is 2.81. The summed E-state index contributed by atoms with van der Waals surface area (Å²) in [6.45, 7) is 6.78. The normalized spacial score (nSPS) is 25.2. The summed E-state index contributed by atoms with van der Waals surface area (Å²) in [6, 6.07) is 5.59. The molecular formula is C16H23FN2O. The number of fused-ring (bicyclic) bond motifs is 1. The summed E-state index contributed by atoms with van der Waals surface area (Å²) in [6.07, 6.45) is 2.16. The van der Waals surface area contributed by atoms with Crippen LogP contribution in [0, 0.1) is 11.7 Å². The molecular weight excluding hydrogens is 255 g/mol. The first-order valence-electron chi connectivity index (χ1n) is 7.62. The number of hydrogen-bond acceptors (Lipinski definition) is 3. The maximum atomic E-state index is 13.4. The van der Waals surface area contributed by atoms with E-state index in [0.29, 0.717) is 12.0 Å². The Hall–Kier alpha value is -1.13. The van der Waals surface area contributed by atoms with E-state index in [1.54, 1.807) is 12.1 Å².